The van der Waals surface area contributed by atoms with Crippen LogP contribution >= 0.6 is 11.8 Å². The van der Waals surface area contributed by atoms with Crippen molar-refractivity contribution < 1.29 is 31.8 Å². The Balaban J connectivity index is 2.12. The van der Waals surface area contributed by atoms with Gasteiger partial charge in [-0.3, -0.25) is 9.80 Å². The number of carbonyl (C=O) groups is 1. The van der Waals surface area contributed by atoms with Gasteiger partial charge in [-0.2, -0.15) is 13.2 Å². The maximum atomic E-state index is 14.0. The van der Waals surface area contributed by atoms with Crippen LogP contribution in [0.4, 0.5) is 28.0 Å². The molecule has 5 nitrogen and oxygen atoms in total. The summed E-state index contributed by atoms with van der Waals surface area (Å²) in [6.07, 6.45) is -0.868. The van der Waals surface area contributed by atoms with Gasteiger partial charge >= 0.3 is 11.5 Å². The van der Waals surface area contributed by atoms with Gasteiger partial charge in [0.05, 0.1) is 18.9 Å². The van der Waals surface area contributed by atoms with Crippen LogP contribution in [0.15, 0.2) is 23.1 Å². The van der Waals surface area contributed by atoms with Crippen molar-refractivity contribution in [3.05, 3.63) is 24.0 Å². The second-order valence-corrected chi connectivity index (χ2v) is 5.80. The summed E-state index contributed by atoms with van der Waals surface area (Å²) in [5.74, 6) is -0.934. The first-order valence-corrected chi connectivity index (χ1v) is 7.30. The first kappa shape index (κ1) is 17.8. The monoisotopic (exact) mass is 354 g/mol. The van der Waals surface area contributed by atoms with E-state index in [0.717, 1.165) is 28.0 Å². The molecule has 0 atom stereocenters. The standard InChI is InChI=1S/C13H14F4N2O3S/c1-18(11(20)19(2)12-21-5-6-22-12)10-4-3-8(7-9(10)14)23-13(15,16)17/h3-4,7,12H,5-6H2,1-2H3. The highest BCUT2D eigenvalue weighted by Crippen LogP contribution is 2.38. The van der Waals surface area contributed by atoms with Crippen LogP contribution in [0.1, 0.15) is 0 Å². The molecule has 1 aromatic rings. The van der Waals surface area contributed by atoms with Gasteiger partial charge in [0.2, 0.25) is 6.41 Å². The zero-order valence-corrected chi connectivity index (χ0v) is 13.1. The molecule has 0 aromatic heterocycles. The summed E-state index contributed by atoms with van der Waals surface area (Å²) in [4.78, 5) is 14.0. The Morgan fingerprint density at radius 1 is 1.26 bits per heavy atom. The summed E-state index contributed by atoms with van der Waals surface area (Å²) in [6.45, 7) is 0.674. The van der Waals surface area contributed by atoms with Crippen LogP contribution in [0.5, 0.6) is 0 Å². The second-order valence-electron chi connectivity index (χ2n) is 4.66. The smallest absolute Gasteiger partial charge is 0.333 e. The van der Waals surface area contributed by atoms with Crippen LogP contribution in [-0.4, -0.2) is 50.2 Å². The predicted octanol–water partition coefficient (Wildman–Crippen LogP) is 3.26. The van der Waals surface area contributed by atoms with E-state index < -0.39 is 35.5 Å². The molecule has 1 heterocycles. The molecule has 1 aromatic carbocycles. The summed E-state index contributed by atoms with van der Waals surface area (Å²) in [7, 11) is 2.73. The van der Waals surface area contributed by atoms with Crippen molar-refractivity contribution in [1.29, 1.82) is 0 Å². The lowest BCUT2D eigenvalue weighted by Crippen LogP contribution is -2.45. The summed E-state index contributed by atoms with van der Waals surface area (Å²) in [5, 5.41) is 0. The molecule has 0 spiro atoms. The Bertz CT molecular complexity index is 579. The molecule has 0 saturated carbocycles. The van der Waals surface area contributed by atoms with Crippen molar-refractivity contribution in [2.75, 3.05) is 32.2 Å². The van der Waals surface area contributed by atoms with Crippen molar-refractivity contribution >= 4 is 23.5 Å². The number of thioether (sulfide) groups is 1. The van der Waals surface area contributed by atoms with Crippen LogP contribution in [-0.2, 0) is 9.47 Å². The summed E-state index contributed by atoms with van der Waals surface area (Å²) in [6, 6.07) is 2.33. The minimum Gasteiger partial charge on any atom is -0.333 e. The fourth-order valence-electron chi connectivity index (χ4n) is 1.96. The Hall–Kier alpha value is -1.52. The minimum atomic E-state index is -4.51. The first-order chi connectivity index (χ1) is 10.7. The van der Waals surface area contributed by atoms with Crippen LogP contribution in [0.25, 0.3) is 0 Å². The number of ether oxygens (including phenoxy) is 2. The highest BCUT2D eigenvalue weighted by atomic mass is 32.2. The number of alkyl halides is 3. The lowest BCUT2D eigenvalue weighted by Gasteiger charge is -2.28. The highest BCUT2D eigenvalue weighted by Gasteiger charge is 2.31. The number of amides is 2. The lowest BCUT2D eigenvalue weighted by molar-refractivity contribution is -0.120. The molecule has 1 fully saturated rings. The summed E-state index contributed by atoms with van der Waals surface area (Å²) >= 11 is -0.423. The van der Waals surface area contributed by atoms with Gasteiger partial charge in [-0.05, 0) is 30.0 Å². The Morgan fingerprint density at radius 2 is 1.87 bits per heavy atom. The third-order valence-electron chi connectivity index (χ3n) is 3.02. The Labute approximate surface area is 134 Å². The Morgan fingerprint density at radius 3 is 2.39 bits per heavy atom. The number of rotatable bonds is 3. The first-order valence-electron chi connectivity index (χ1n) is 6.48. The van der Waals surface area contributed by atoms with Gasteiger partial charge in [0.15, 0.2) is 0 Å². The molecule has 10 heteroatoms. The topological polar surface area (TPSA) is 42.0 Å². The maximum absolute atomic E-state index is 14.0. The lowest BCUT2D eigenvalue weighted by atomic mass is 10.3. The molecular formula is C13H14F4N2O3S. The fourth-order valence-corrected chi connectivity index (χ4v) is 2.52. The van der Waals surface area contributed by atoms with E-state index in [9.17, 15) is 22.4 Å². The molecule has 0 unspecified atom stereocenters. The van der Waals surface area contributed by atoms with Crippen molar-refractivity contribution in [1.82, 2.24) is 4.90 Å². The molecule has 0 radical (unpaired) electrons. The number of halogens is 4. The van der Waals surface area contributed by atoms with Crippen molar-refractivity contribution in [3.8, 4) is 0 Å². The van der Waals surface area contributed by atoms with Gasteiger partial charge in [-0.25, -0.2) is 9.18 Å². The average molecular weight is 354 g/mol. The molecule has 128 valence electrons. The van der Waals surface area contributed by atoms with E-state index in [1.54, 1.807) is 0 Å². The van der Waals surface area contributed by atoms with Gasteiger partial charge < -0.3 is 9.47 Å². The Kier molecular flexibility index (Phi) is 5.37. The van der Waals surface area contributed by atoms with Gasteiger partial charge in [0.1, 0.15) is 5.82 Å². The average Bonchev–Trinajstić information content (AvgIpc) is 2.97. The summed E-state index contributed by atoms with van der Waals surface area (Å²) in [5.41, 5.74) is -4.65. The SMILES string of the molecule is CN(C(=O)N(C)C1OCCO1)c1ccc(SC(F)(F)F)cc1F. The molecule has 1 saturated heterocycles. The van der Waals surface area contributed by atoms with Crippen molar-refractivity contribution in [2.24, 2.45) is 0 Å². The van der Waals surface area contributed by atoms with E-state index in [4.69, 9.17) is 9.47 Å². The molecule has 1 aliphatic heterocycles. The molecular weight excluding hydrogens is 340 g/mol. The van der Waals surface area contributed by atoms with Gasteiger partial charge in [0, 0.05) is 19.0 Å². The third-order valence-corrected chi connectivity index (χ3v) is 3.74. The van der Waals surface area contributed by atoms with E-state index >= 15 is 0 Å². The van der Waals surface area contributed by atoms with Gasteiger partial charge in [0.25, 0.3) is 0 Å². The zero-order valence-electron chi connectivity index (χ0n) is 12.3. The molecule has 0 bridgehead atoms. The highest BCUT2D eigenvalue weighted by molar-refractivity contribution is 8.00. The number of anilines is 1. The quantitative estimate of drug-likeness (QED) is 0.617. The van der Waals surface area contributed by atoms with Crippen LogP contribution in [0.2, 0.25) is 0 Å². The number of urea groups is 1. The van der Waals surface area contributed by atoms with E-state index in [0.29, 0.717) is 13.2 Å². The van der Waals surface area contributed by atoms with Crippen LogP contribution in [0, 0.1) is 5.82 Å². The van der Waals surface area contributed by atoms with Crippen LogP contribution in [0.3, 0.4) is 0 Å². The summed E-state index contributed by atoms with van der Waals surface area (Å²) < 4.78 is 61.2. The number of hydrogen-bond acceptors (Lipinski definition) is 4. The molecule has 1 aliphatic rings. The van der Waals surface area contributed by atoms with Crippen LogP contribution < -0.4 is 4.90 Å². The molecule has 2 amide bonds. The number of hydrogen-bond donors (Lipinski definition) is 0. The number of nitrogens with zero attached hydrogens (tertiary/aromatic N) is 2. The third kappa shape index (κ3) is 4.49. The fraction of sp³-hybridized carbons (Fsp3) is 0.462. The molecule has 2 rings (SSSR count). The zero-order chi connectivity index (χ0) is 17.2. The van der Waals surface area contributed by atoms with Gasteiger partial charge in [-0.1, -0.05) is 0 Å². The number of benzene rings is 1. The largest absolute Gasteiger partial charge is 0.446 e. The predicted molar refractivity (Wildman–Crippen MR) is 75.6 cm³/mol. The second kappa shape index (κ2) is 6.93. The molecule has 0 aliphatic carbocycles. The van der Waals surface area contributed by atoms with E-state index in [2.05, 4.69) is 0 Å². The van der Waals surface area contributed by atoms with Crippen molar-refractivity contribution in [2.45, 2.75) is 16.8 Å². The normalized spacial score (nSPS) is 15.7. The number of carbonyl (C=O) groups excluding carboxylic acids is 1. The van der Waals surface area contributed by atoms with E-state index in [-0.39, 0.29) is 10.6 Å². The van der Waals surface area contributed by atoms with Gasteiger partial charge in [-0.15, -0.1) is 0 Å². The maximum Gasteiger partial charge on any atom is 0.446 e. The minimum absolute atomic E-state index is 0.147. The van der Waals surface area contributed by atoms with E-state index in [1.165, 1.54) is 14.1 Å². The van der Waals surface area contributed by atoms with Crippen molar-refractivity contribution in [3.63, 3.8) is 0 Å². The molecule has 0 N–H and O–H groups in total. The molecule has 23 heavy (non-hydrogen) atoms. The van der Waals surface area contributed by atoms with E-state index in [1.807, 2.05) is 0 Å².